The number of aromatic nitrogens is 3. The molecule has 2 heterocycles. The van der Waals surface area contributed by atoms with E-state index in [2.05, 4.69) is 49.4 Å². The number of hydrogen-bond acceptors (Lipinski definition) is 5. The lowest BCUT2D eigenvalue weighted by atomic mass is 9.34. The third-order valence-corrected chi connectivity index (χ3v) is 14.0. The van der Waals surface area contributed by atoms with Gasteiger partial charge in [0.2, 0.25) is 11.6 Å². The van der Waals surface area contributed by atoms with Gasteiger partial charge in [0, 0.05) is 35.3 Å². The topological polar surface area (TPSA) is 86.3 Å². The van der Waals surface area contributed by atoms with Crippen molar-refractivity contribution in [2.24, 2.45) is 50.2 Å². The molecule has 0 aliphatic heterocycles. The summed E-state index contributed by atoms with van der Waals surface area (Å²) in [6.45, 7) is 23.2. The Morgan fingerprint density at radius 2 is 1.70 bits per heavy atom. The van der Waals surface area contributed by atoms with Crippen molar-refractivity contribution < 1.29 is 14.4 Å². The minimum Gasteiger partial charge on any atom is -0.307 e. The van der Waals surface area contributed by atoms with Gasteiger partial charge >= 0.3 is 0 Å². The molecule has 0 aromatic carbocycles. The van der Waals surface area contributed by atoms with Gasteiger partial charge in [-0.15, -0.1) is 0 Å². The summed E-state index contributed by atoms with van der Waals surface area (Å²) in [5.74, 6) is 0.193. The van der Waals surface area contributed by atoms with Crippen molar-refractivity contribution in [2.75, 3.05) is 0 Å². The van der Waals surface area contributed by atoms with E-state index in [-0.39, 0.29) is 57.2 Å². The number of Topliss-reactive ketones (excluding diaryl/α,β-unsaturated/α-hetero) is 1. The molecule has 240 valence electrons. The molecule has 0 amide bonds. The van der Waals surface area contributed by atoms with Gasteiger partial charge in [-0.1, -0.05) is 66.2 Å². The second kappa shape index (κ2) is 9.69. The van der Waals surface area contributed by atoms with Gasteiger partial charge in [0.1, 0.15) is 5.69 Å². The van der Waals surface area contributed by atoms with E-state index in [0.29, 0.717) is 17.9 Å². The number of carbonyl (C=O) groups is 3. The summed E-state index contributed by atoms with van der Waals surface area (Å²) in [7, 11) is 0. The minimum atomic E-state index is -0.690. The first-order valence-corrected chi connectivity index (χ1v) is 17.0. The number of carbonyl (C=O) groups excluding carboxylic acids is 3. The maximum atomic E-state index is 15.0. The van der Waals surface area contributed by atoms with Crippen LogP contribution < -0.4 is 0 Å². The number of imidazole rings is 1. The second-order valence-corrected chi connectivity index (χ2v) is 17.0. The zero-order valence-corrected chi connectivity index (χ0v) is 28.3. The normalized spacial score (nSPS) is 39.0. The second-order valence-electron chi connectivity index (χ2n) is 17.0. The number of hydrogen-bond donors (Lipinski definition) is 0. The highest BCUT2D eigenvalue weighted by atomic mass is 16.2. The van der Waals surface area contributed by atoms with Crippen LogP contribution in [0.1, 0.15) is 98.2 Å². The maximum absolute atomic E-state index is 15.0. The van der Waals surface area contributed by atoms with Crippen LogP contribution in [0, 0.1) is 56.8 Å². The Morgan fingerprint density at radius 1 is 0.957 bits per heavy atom. The van der Waals surface area contributed by atoms with Gasteiger partial charge in [-0.2, -0.15) is 0 Å². The number of pyridine rings is 1. The molecule has 7 rings (SSSR count). The molecule has 5 aliphatic rings. The highest BCUT2D eigenvalue weighted by Gasteiger charge is 2.71. The van der Waals surface area contributed by atoms with Gasteiger partial charge in [-0.3, -0.25) is 19.1 Å². The summed E-state index contributed by atoms with van der Waals surface area (Å²) in [6, 6.07) is 5.64. The Morgan fingerprint density at radius 3 is 2.39 bits per heavy atom. The van der Waals surface area contributed by atoms with E-state index < -0.39 is 16.2 Å². The fraction of sp³-hybridized carbons (Fsp3) is 0.590. The van der Waals surface area contributed by atoms with Crippen LogP contribution in [0.3, 0.4) is 0 Å². The molecule has 3 fully saturated rings. The van der Waals surface area contributed by atoms with Crippen molar-refractivity contribution in [1.29, 1.82) is 0 Å². The lowest BCUT2D eigenvalue weighted by molar-refractivity contribution is -0.164. The van der Waals surface area contributed by atoms with E-state index in [4.69, 9.17) is 6.57 Å². The average molecular weight is 619 g/mol. The Hall–Kier alpha value is -3.66. The standard InChI is InChI=1S/C39H46N4O3/c1-34(2)14-16-39(33(46)43-20-19-42-32(43)25-11-9-10-18-41-25)17-15-38(7)30(24(39)22-34)27(44)21-29-36(5)23-26(40-8)31(45)35(3,4)28(36)12-13-37(29,38)6/h9-11,18-21,23-24,28,30H,12-17,22H2,1-7H3. The van der Waals surface area contributed by atoms with Gasteiger partial charge in [-0.25, -0.2) is 9.83 Å². The van der Waals surface area contributed by atoms with E-state index in [1.807, 2.05) is 44.2 Å². The molecule has 5 aliphatic carbocycles. The van der Waals surface area contributed by atoms with Crippen molar-refractivity contribution in [1.82, 2.24) is 14.5 Å². The number of nitrogens with zero attached hydrogens (tertiary/aromatic N) is 4. The zero-order chi connectivity index (χ0) is 33.1. The van der Waals surface area contributed by atoms with E-state index in [9.17, 15) is 14.4 Å². The molecule has 7 heteroatoms. The molecule has 0 N–H and O–H groups in total. The van der Waals surface area contributed by atoms with Crippen molar-refractivity contribution in [2.45, 2.75) is 93.4 Å². The Labute approximate surface area is 272 Å². The first-order chi connectivity index (χ1) is 21.6. The lowest BCUT2D eigenvalue weighted by Crippen LogP contribution is -2.66. The summed E-state index contributed by atoms with van der Waals surface area (Å²) in [5, 5.41) is 0. The number of ketones is 2. The molecule has 0 radical (unpaired) electrons. The van der Waals surface area contributed by atoms with Crippen molar-refractivity contribution in [3.05, 3.63) is 71.6 Å². The van der Waals surface area contributed by atoms with Gasteiger partial charge in [0.05, 0.1) is 12.0 Å². The molecule has 46 heavy (non-hydrogen) atoms. The number of rotatable bonds is 2. The lowest BCUT2D eigenvalue weighted by Gasteiger charge is -2.69. The SMILES string of the molecule is [C-]#[N+]C1=CC2(C)C3=CC(=O)C4C5CC(C)(C)CCC5(C(=O)n5ccnc5-c5ccccn5)CCC4(C)C3(C)CCC2C(C)(C)C1=O. The van der Waals surface area contributed by atoms with Crippen molar-refractivity contribution in [3.8, 4) is 11.5 Å². The van der Waals surface area contributed by atoms with E-state index in [0.717, 1.165) is 44.1 Å². The Kier molecular flexibility index (Phi) is 6.52. The zero-order valence-electron chi connectivity index (χ0n) is 28.3. The van der Waals surface area contributed by atoms with Gasteiger partial charge in [-0.05, 0) is 91.2 Å². The fourth-order valence-corrected chi connectivity index (χ4v) is 11.4. The molecule has 7 unspecified atom stereocenters. The minimum absolute atomic E-state index is 0.00128. The smallest absolute Gasteiger partial charge is 0.238 e. The van der Waals surface area contributed by atoms with Crippen LogP contribution in [0.4, 0.5) is 0 Å². The van der Waals surface area contributed by atoms with E-state index >= 15 is 0 Å². The molecule has 3 saturated carbocycles. The summed E-state index contributed by atoms with van der Waals surface area (Å²) in [5.41, 5.74) is -0.696. The van der Waals surface area contributed by atoms with Crippen LogP contribution in [-0.4, -0.2) is 32.0 Å². The molecule has 0 saturated heterocycles. The number of fused-ring (bicyclic) bond motifs is 7. The molecule has 0 bridgehead atoms. The average Bonchev–Trinajstić information content (AvgIpc) is 3.50. The Balaban J connectivity index is 1.37. The third kappa shape index (κ3) is 3.85. The van der Waals surface area contributed by atoms with Crippen LogP contribution >= 0.6 is 0 Å². The van der Waals surface area contributed by atoms with Crippen molar-refractivity contribution >= 4 is 17.5 Å². The predicted molar refractivity (Wildman–Crippen MR) is 176 cm³/mol. The quantitative estimate of drug-likeness (QED) is 0.317. The van der Waals surface area contributed by atoms with Crippen LogP contribution in [0.15, 0.2) is 60.2 Å². The highest BCUT2D eigenvalue weighted by molar-refractivity contribution is 6.03. The molecular weight excluding hydrogens is 572 g/mol. The van der Waals surface area contributed by atoms with Gasteiger partial charge in [0.25, 0.3) is 0 Å². The molecule has 7 nitrogen and oxygen atoms in total. The molecule has 2 aromatic heterocycles. The molecule has 0 spiro atoms. The predicted octanol–water partition coefficient (Wildman–Crippen LogP) is 8.16. The highest BCUT2D eigenvalue weighted by Crippen LogP contribution is 2.74. The van der Waals surface area contributed by atoms with Crippen LogP contribution in [-0.2, 0) is 9.59 Å². The maximum Gasteiger partial charge on any atom is 0.238 e. The van der Waals surface area contributed by atoms with Crippen LogP contribution in [0.2, 0.25) is 0 Å². The fourth-order valence-electron chi connectivity index (χ4n) is 11.4. The Bertz CT molecular complexity index is 1770. The first kappa shape index (κ1) is 31.0. The summed E-state index contributed by atoms with van der Waals surface area (Å²) < 4.78 is 1.71. The third-order valence-electron chi connectivity index (χ3n) is 14.0. The van der Waals surface area contributed by atoms with E-state index in [1.165, 1.54) is 0 Å². The molecule has 7 atom stereocenters. The summed E-state index contributed by atoms with van der Waals surface area (Å²) >= 11 is 0. The van der Waals surface area contributed by atoms with Gasteiger partial charge in [0.15, 0.2) is 17.4 Å². The summed E-state index contributed by atoms with van der Waals surface area (Å²) in [4.78, 5) is 56.0. The molecule has 2 aromatic rings. The first-order valence-electron chi connectivity index (χ1n) is 17.0. The largest absolute Gasteiger partial charge is 0.307 e. The van der Waals surface area contributed by atoms with Crippen molar-refractivity contribution in [3.63, 3.8) is 0 Å². The van der Waals surface area contributed by atoms with Crippen LogP contribution in [0.25, 0.3) is 16.4 Å². The summed E-state index contributed by atoms with van der Waals surface area (Å²) in [6.07, 6.45) is 14.6. The monoisotopic (exact) mass is 618 g/mol. The van der Waals surface area contributed by atoms with Gasteiger partial charge < -0.3 is 4.79 Å². The van der Waals surface area contributed by atoms with E-state index in [1.54, 1.807) is 23.2 Å². The van der Waals surface area contributed by atoms with Crippen LogP contribution in [0.5, 0.6) is 0 Å². The molecular formula is C39H46N4O3. The number of allylic oxidation sites excluding steroid dienone is 4.